The zero-order chi connectivity index (χ0) is 9.84. The molecule has 0 atom stereocenters. The van der Waals surface area contributed by atoms with Gasteiger partial charge in [0.25, 0.3) is 0 Å². The van der Waals surface area contributed by atoms with Gasteiger partial charge in [-0.2, -0.15) is 0 Å². The van der Waals surface area contributed by atoms with E-state index in [-0.39, 0.29) is 11.5 Å². The molecular formula is C9H10ClNO2. The average Bonchev–Trinajstić information content (AvgIpc) is 2.03. The maximum absolute atomic E-state index is 10.2. The number of nitrogens with zero attached hydrogens (tertiary/aromatic N) is 1. The maximum atomic E-state index is 10.2. The van der Waals surface area contributed by atoms with Gasteiger partial charge in [0.15, 0.2) is 0 Å². The average molecular weight is 200 g/mol. The summed E-state index contributed by atoms with van der Waals surface area (Å²) in [6.45, 7) is 1.84. The number of aryl methyl sites for hydroxylation is 1. The summed E-state index contributed by atoms with van der Waals surface area (Å²) < 4.78 is 0. The minimum absolute atomic E-state index is 0.0649. The monoisotopic (exact) mass is 199 g/mol. The quantitative estimate of drug-likeness (QED) is 0.555. The van der Waals surface area contributed by atoms with Gasteiger partial charge in [0.1, 0.15) is 0 Å². The second-order valence-corrected chi connectivity index (χ2v) is 3.25. The maximum Gasteiger partial charge on any atom is 0.207 e. The lowest BCUT2D eigenvalue weighted by Gasteiger charge is -2.04. The zero-order valence-corrected chi connectivity index (χ0v) is 8.04. The Morgan fingerprint density at radius 2 is 2.23 bits per heavy atom. The van der Waals surface area contributed by atoms with Crippen LogP contribution in [0.1, 0.15) is 11.1 Å². The van der Waals surface area contributed by atoms with E-state index in [1.54, 1.807) is 6.07 Å². The Hall–Kier alpha value is -1.09. The molecule has 0 aromatic heterocycles. The van der Waals surface area contributed by atoms with Gasteiger partial charge in [0.2, 0.25) is 6.54 Å². The van der Waals surface area contributed by atoms with E-state index in [9.17, 15) is 10.1 Å². The summed E-state index contributed by atoms with van der Waals surface area (Å²) in [5.74, 6) is 0. The topological polar surface area (TPSA) is 43.1 Å². The molecule has 0 heterocycles. The highest BCUT2D eigenvalue weighted by Crippen LogP contribution is 2.19. The van der Waals surface area contributed by atoms with Crippen molar-refractivity contribution < 1.29 is 4.92 Å². The van der Waals surface area contributed by atoms with Crippen molar-refractivity contribution in [2.24, 2.45) is 0 Å². The van der Waals surface area contributed by atoms with Crippen LogP contribution in [0.2, 0.25) is 5.02 Å². The molecule has 1 aromatic rings. The van der Waals surface area contributed by atoms with E-state index in [1.165, 1.54) is 0 Å². The third-order valence-corrected chi connectivity index (χ3v) is 2.25. The first-order valence-corrected chi connectivity index (χ1v) is 4.35. The van der Waals surface area contributed by atoms with Crippen LogP contribution in [0.3, 0.4) is 0 Å². The van der Waals surface area contributed by atoms with Crippen molar-refractivity contribution in [2.45, 2.75) is 13.3 Å². The van der Waals surface area contributed by atoms with Gasteiger partial charge in [-0.15, -0.1) is 0 Å². The summed E-state index contributed by atoms with van der Waals surface area (Å²) in [6, 6.07) is 5.50. The van der Waals surface area contributed by atoms with E-state index in [0.29, 0.717) is 11.4 Å². The van der Waals surface area contributed by atoms with E-state index in [2.05, 4.69) is 0 Å². The van der Waals surface area contributed by atoms with Crippen LogP contribution in [-0.2, 0) is 6.42 Å². The lowest BCUT2D eigenvalue weighted by molar-refractivity contribution is -0.479. The molecule has 70 valence electrons. The van der Waals surface area contributed by atoms with Gasteiger partial charge in [-0.3, -0.25) is 10.1 Å². The lowest BCUT2D eigenvalue weighted by Crippen LogP contribution is -2.05. The van der Waals surface area contributed by atoms with E-state index >= 15 is 0 Å². The van der Waals surface area contributed by atoms with Crippen molar-refractivity contribution in [1.82, 2.24) is 0 Å². The number of hydrogen-bond acceptors (Lipinski definition) is 2. The van der Waals surface area contributed by atoms with Gasteiger partial charge in [0.05, 0.1) is 0 Å². The standard InChI is InChI=1S/C9H10ClNO2/c1-7-3-2-4-9(10)8(7)5-6-11(12)13/h2-4H,5-6H2,1H3. The summed E-state index contributed by atoms with van der Waals surface area (Å²) in [7, 11) is 0. The van der Waals surface area contributed by atoms with Crippen LogP contribution >= 0.6 is 11.6 Å². The number of nitro groups is 1. The molecule has 0 fully saturated rings. The van der Waals surface area contributed by atoms with Gasteiger partial charge >= 0.3 is 0 Å². The molecule has 3 nitrogen and oxygen atoms in total. The first kappa shape index (κ1) is 9.99. The Kier molecular flexibility index (Phi) is 3.25. The van der Waals surface area contributed by atoms with Crippen molar-refractivity contribution in [3.63, 3.8) is 0 Å². The van der Waals surface area contributed by atoms with E-state index in [0.717, 1.165) is 11.1 Å². The number of benzene rings is 1. The summed E-state index contributed by atoms with van der Waals surface area (Å²) in [5, 5.41) is 10.8. The molecule has 4 heteroatoms. The molecular weight excluding hydrogens is 190 g/mol. The molecule has 1 aromatic carbocycles. The molecule has 0 saturated carbocycles. The first-order chi connectivity index (χ1) is 6.11. The fraction of sp³-hybridized carbons (Fsp3) is 0.333. The second kappa shape index (κ2) is 4.23. The number of halogens is 1. The second-order valence-electron chi connectivity index (χ2n) is 2.84. The molecule has 13 heavy (non-hydrogen) atoms. The molecule has 0 aliphatic rings. The van der Waals surface area contributed by atoms with Crippen LogP contribution in [0.25, 0.3) is 0 Å². The van der Waals surface area contributed by atoms with Crippen LogP contribution in [-0.4, -0.2) is 11.5 Å². The Morgan fingerprint density at radius 1 is 1.54 bits per heavy atom. The highest BCUT2D eigenvalue weighted by molar-refractivity contribution is 6.31. The normalized spacial score (nSPS) is 10.0. The predicted octanol–water partition coefficient (Wildman–Crippen LogP) is 2.47. The van der Waals surface area contributed by atoms with Crippen molar-refractivity contribution >= 4 is 11.6 Å². The van der Waals surface area contributed by atoms with Crippen LogP contribution in [0.5, 0.6) is 0 Å². The Morgan fingerprint density at radius 3 is 2.77 bits per heavy atom. The molecule has 1 rings (SSSR count). The van der Waals surface area contributed by atoms with Gasteiger partial charge in [0, 0.05) is 16.4 Å². The highest BCUT2D eigenvalue weighted by atomic mass is 35.5. The van der Waals surface area contributed by atoms with E-state index in [4.69, 9.17) is 11.6 Å². The molecule has 0 bridgehead atoms. The predicted molar refractivity (Wildman–Crippen MR) is 51.8 cm³/mol. The molecule has 0 radical (unpaired) electrons. The summed E-state index contributed by atoms with van der Waals surface area (Å²) in [4.78, 5) is 9.83. The van der Waals surface area contributed by atoms with Crippen LogP contribution < -0.4 is 0 Å². The fourth-order valence-corrected chi connectivity index (χ4v) is 1.50. The van der Waals surface area contributed by atoms with E-state index in [1.807, 2.05) is 19.1 Å². The molecule has 0 N–H and O–H groups in total. The minimum atomic E-state index is -0.331. The first-order valence-electron chi connectivity index (χ1n) is 3.97. The van der Waals surface area contributed by atoms with Crippen LogP contribution in [0.15, 0.2) is 18.2 Å². The summed E-state index contributed by atoms with van der Waals surface area (Å²) in [5.41, 5.74) is 1.88. The van der Waals surface area contributed by atoms with Crippen LogP contribution in [0, 0.1) is 17.0 Å². The van der Waals surface area contributed by atoms with E-state index < -0.39 is 0 Å². The van der Waals surface area contributed by atoms with Gasteiger partial charge in [-0.05, 0) is 24.1 Å². The third-order valence-electron chi connectivity index (χ3n) is 1.90. The number of rotatable bonds is 3. The van der Waals surface area contributed by atoms with Gasteiger partial charge in [-0.25, -0.2) is 0 Å². The van der Waals surface area contributed by atoms with Crippen molar-refractivity contribution in [3.05, 3.63) is 44.5 Å². The summed E-state index contributed by atoms with van der Waals surface area (Å²) >= 11 is 5.89. The summed E-state index contributed by atoms with van der Waals surface area (Å²) in [6.07, 6.45) is 0.401. The smallest absolute Gasteiger partial charge is 0.207 e. The Labute approximate surface area is 81.5 Å². The van der Waals surface area contributed by atoms with Crippen molar-refractivity contribution in [3.8, 4) is 0 Å². The third kappa shape index (κ3) is 2.70. The Bertz CT molecular complexity index is 305. The van der Waals surface area contributed by atoms with Crippen molar-refractivity contribution in [2.75, 3.05) is 6.54 Å². The molecule has 0 unspecified atom stereocenters. The minimum Gasteiger partial charge on any atom is -0.265 e. The Balaban J connectivity index is 2.81. The number of hydrogen-bond donors (Lipinski definition) is 0. The lowest BCUT2D eigenvalue weighted by atomic mass is 10.1. The van der Waals surface area contributed by atoms with Crippen molar-refractivity contribution in [1.29, 1.82) is 0 Å². The van der Waals surface area contributed by atoms with Gasteiger partial charge in [-0.1, -0.05) is 23.7 Å². The fourth-order valence-electron chi connectivity index (χ4n) is 1.19. The zero-order valence-electron chi connectivity index (χ0n) is 7.29. The highest BCUT2D eigenvalue weighted by Gasteiger charge is 2.06. The SMILES string of the molecule is Cc1cccc(Cl)c1CC[N+](=O)[O-]. The largest absolute Gasteiger partial charge is 0.265 e. The molecule has 0 spiro atoms. The van der Waals surface area contributed by atoms with Gasteiger partial charge < -0.3 is 0 Å². The molecule has 0 amide bonds. The molecule has 0 aliphatic heterocycles. The van der Waals surface area contributed by atoms with Crippen LogP contribution in [0.4, 0.5) is 0 Å². The molecule has 0 aliphatic carbocycles. The molecule has 0 saturated heterocycles.